The van der Waals surface area contributed by atoms with Crippen molar-refractivity contribution in [1.82, 2.24) is 5.32 Å². The first-order chi connectivity index (χ1) is 6.79. The van der Waals surface area contributed by atoms with E-state index in [1.54, 1.807) is 0 Å². The number of rotatable bonds is 3. The van der Waals surface area contributed by atoms with Crippen LogP contribution in [0.25, 0.3) is 0 Å². The van der Waals surface area contributed by atoms with Crippen molar-refractivity contribution in [2.75, 3.05) is 18.9 Å². The summed E-state index contributed by atoms with van der Waals surface area (Å²) in [5.41, 5.74) is 4.17. The van der Waals surface area contributed by atoms with Gasteiger partial charge in [-0.15, -0.1) is 0 Å². The first kappa shape index (κ1) is 9.53. The molecule has 1 aromatic carbocycles. The molecule has 0 aromatic heterocycles. The average molecular weight is 190 g/mol. The minimum Gasteiger partial charge on any atom is -0.382 e. The average Bonchev–Trinajstić information content (AvgIpc) is 2.56. The van der Waals surface area contributed by atoms with Crippen molar-refractivity contribution in [3.63, 3.8) is 0 Å². The maximum atomic E-state index is 3.56. The Labute approximate surface area is 85.7 Å². The third kappa shape index (κ3) is 1.90. The maximum Gasteiger partial charge on any atom is 0.0375 e. The molecule has 2 N–H and O–H groups in total. The lowest BCUT2D eigenvalue weighted by Crippen LogP contribution is -2.21. The van der Waals surface area contributed by atoms with E-state index in [0.29, 0.717) is 6.04 Å². The zero-order chi connectivity index (χ0) is 9.97. The second-order valence-corrected chi connectivity index (χ2v) is 4.10. The predicted octanol–water partition coefficient (Wildman–Crippen LogP) is 1.94. The Bertz CT molecular complexity index is 320. The highest BCUT2D eigenvalue weighted by atomic mass is 15.0. The minimum absolute atomic E-state index is 0.624. The van der Waals surface area contributed by atoms with Crippen molar-refractivity contribution in [1.29, 1.82) is 0 Å². The van der Waals surface area contributed by atoms with E-state index in [9.17, 15) is 0 Å². The molecule has 0 amide bonds. The zero-order valence-electron chi connectivity index (χ0n) is 8.93. The summed E-state index contributed by atoms with van der Waals surface area (Å²) in [7, 11) is 2.01. The van der Waals surface area contributed by atoms with Crippen molar-refractivity contribution in [3.8, 4) is 0 Å². The standard InChI is InChI=1S/C12H18N2/c1-9-3-4-12-10(7-9)8-11(14-12)5-6-13-2/h3-4,7,11,13-14H,5-6,8H2,1-2H3. The quantitative estimate of drug-likeness (QED) is 0.761. The monoisotopic (exact) mass is 190 g/mol. The van der Waals surface area contributed by atoms with Gasteiger partial charge < -0.3 is 10.6 Å². The fourth-order valence-corrected chi connectivity index (χ4v) is 2.06. The molecule has 76 valence electrons. The smallest absolute Gasteiger partial charge is 0.0375 e. The van der Waals surface area contributed by atoms with E-state index in [1.807, 2.05) is 7.05 Å². The van der Waals surface area contributed by atoms with E-state index in [2.05, 4.69) is 35.8 Å². The van der Waals surface area contributed by atoms with Crippen LogP contribution in [0.3, 0.4) is 0 Å². The van der Waals surface area contributed by atoms with Crippen LogP contribution in [0.5, 0.6) is 0 Å². The minimum atomic E-state index is 0.624. The van der Waals surface area contributed by atoms with Crippen LogP contribution in [0.1, 0.15) is 17.5 Å². The van der Waals surface area contributed by atoms with Crippen LogP contribution in [0.2, 0.25) is 0 Å². The Hall–Kier alpha value is -1.02. The van der Waals surface area contributed by atoms with Crippen LogP contribution < -0.4 is 10.6 Å². The molecule has 1 aromatic rings. The molecule has 0 saturated heterocycles. The lowest BCUT2D eigenvalue weighted by atomic mass is 10.1. The summed E-state index contributed by atoms with van der Waals surface area (Å²) in [6, 6.07) is 7.29. The van der Waals surface area contributed by atoms with E-state index in [0.717, 1.165) is 6.54 Å². The van der Waals surface area contributed by atoms with Crippen molar-refractivity contribution < 1.29 is 0 Å². The van der Waals surface area contributed by atoms with Gasteiger partial charge in [0.05, 0.1) is 0 Å². The highest BCUT2D eigenvalue weighted by molar-refractivity contribution is 5.57. The molecule has 0 aliphatic carbocycles. The van der Waals surface area contributed by atoms with Crippen molar-refractivity contribution in [3.05, 3.63) is 29.3 Å². The molecule has 1 atom stereocenters. The van der Waals surface area contributed by atoms with E-state index >= 15 is 0 Å². The lowest BCUT2D eigenvalue weighted by Gasteiger charge is -2.09. The fraction of sp³-hybridized carbons (Fsp3) is 0.500. The Morgan fingerprint density at radius 1 is 1.50 bits per heavy atom. The maximum absolute atomic E-state index is 3.56. The van der Waals surface area contributed by atoms with Gasteiger partial charge in [-0.1, -0.05) is 17.7 Å². The Kier molecular flexibility index (Phi) is 2.73. The molecule has 1 aliphatic heterocycles. The highest BCUT2D eigenvalue weighted by Gasteiger charge is 2.19. The van der Waals surface area contributed by atoms with Gasteiger partial charge in [0.15, 0.2) is 0 Å². The first-order valence-corrected chi connectivity index (χ1v) is 5.30. The van der Waals surface area contributed by atoms with Gasteiger partial charge in [0.25, 0.3) is 0 Å². The molecular weight excluding hydrogens is 172 g/mol. The van der Waals surface area contributed by atoms with Gasteiger partial charge in [-0.25, -0.2) is 0 Å². The summed E-state index contributed by atoms with van der Waals surface area (Å²) >= 11 is 0. The van der Waals surface area contributed by atoms with Gasteiger partial charge in [-0.05, 0) is 45.0 Å². The van der Waals surface area contributed by atoms with E-state index in [1.165, 1.54) is 29.7 Å². The first-order valence-electron chi connectivity index (χ1n) is 5.30. The van der Waals surface area contributed by atoms with E-state index in [-0.39, 0.29) is 0 Å². The van der Waals surface area contributed by atoms with Crippen LogP contribution in [-0.2, 0) is 6.42 Å². The molecule has 1 unspecified atom stereocenters. The van der Waals surface area contributed by atoms with Gasteiger partial charge >= 0.3 is 0 Å². The number of anilines is 1. The zero-order valence-corrected chi connectivity index (χ0v) is 8.93. The summed E-state index contributed by atoms with van der Waals surface area (Å²) in [4.78, 5) is 0. The van der Waals surface area contributed by atoms with Crippen molar-refractivity contribution in [2.45, 2.75) is 25.8 Å². The molecule has 0 radical (unpaired) electrons. The SMILES string of the molecule is CNCCC1Cc2cc(C)ccc2N1. The van der Waals surface area contributed by atoms with Gasteiger partial charge in [0.1, 0.15) is 0 Å². The van der Waals surface area contributed by atoms with E-state index in [4.69, 9.17) is 0 Å². The molecule has 2 rings (SSSR count). The Morgan fingerprint density at radius 2 is 2.36 bits per heavy atom. The summed E-state index contributed by atoms with van der Waals surface area (Å²) in [6.07, 6.45) is 2.38. The molecule has 0 spiro atoms. The Morgan fingerprint density at radius 3 is 3.14 bits per heavy atom. The summed E-state index contributed by atoms with van der Waals surface area (Å²) in [5, 5.41) is 6.75. The molecule has 2 heteroatoms. The number of hydrogen-bond acceptors (Lipinski definition) is 2. The molecule has 14 heavy (non-hydrogen) atoms. The number of hydrogen-bond donors (Lipinski definition) is 2. The number of nitrogens with one attached hydrogen (secondary N) is 2. The largest absolute Gasteiger partial charge is 0.382 e. The molecule has 0 fully saturated rings. The van der Waals surface area contributed by atoms with Crippen LogP contribution in [0.15, 0.2) is 18.2 Å². The predicted molar refractivity (Wildman–Crippen MR) is 60.8 cm³/mol. The number of fused-ring (bicyclic) bond motifs is 1. The van der Waals surface area contributed by atoms with Crippen LogP contribution in [-0.4, -0.2) is 19.6 Å². The van der Waals surface area contributed by atoms with Crippen molar-refractivity contribution >= 4 is 5.69 Å². The molecule has 0 saturated carbocycles. The van der Waals surface area contributed by atoms with Gasteiger partial charge in [-0.2, -0.15) is 0 Å². The molecule has 0 bridgehead atoms. The van der Waals surface area contributed by atoms with Gasteiger partial charge in [0, 0.05) is 11.7 Å². The molecule has 2 nitrogen and oxygen atoms in total. The number of benzene rings is 1. The molecule has 1 aliphatic rings. The van der Waals surface area contributed by atoms with Gasteiger partial charge in [-0.3, -0.25) is 0 Å². The van der Waals surface area contributed by atoms with Gasteiger partial charge in [0.2, 0.25) is 0 Å². The lowest BCUT2D eigenvalue weighted by molar-refractivity contribution is 0.635. The fourth-order valence-electron chi connectivity index (χ4n) is 2.06. The summed E-state index contributed by atoms with van der Waals surface area (Å²) in [6.45, 7) is 3.24. The molecular formula is C12H18N2. The summed E-state index contributed by atoms with van der Waals surface area (Å²) in [5.74, 6) is 0. The third-order valence-corrected chi connectivity index (χ3v) is 2.83. The highest BCUT2D eigenvalue weighted by Crippen LogP contribution is 2.27. The topological polar surface area (TPSA) is 24.1 Å². The second-order valence-electron chi connectivity index (χ2n) is 4.10. The number of aryl methyl sites for hydroxylation is 1. The van der Waals surface area contributed by atoms with Crippen LogP contribution in [0, 0.1) is 6.92 Å². The van der Waals surface area contributed by atoms with Crippen LogP contribution in [0.4, 0.5) is 5.69 Å². The third-order valence-electron chi connectivity index (χ3n) is 2.83. The van der Waals surface area contributed by atoms with Crippen LogP contribution >= 0.6 is 0 Å². The van der Waals surface area contributed by atoms with Crippen molar-refractivity contribution in [2.24, 2.45) is 0 Å². The normalized spacial score (nSPS) is 19.1. The molecule has 1 heterocycles. The Balaban J connectivity index is 2.03. The summed E-state index contributed by atoms with van der Waals surface area (Å²) < 4.78 is 0. The second kappa shape index (κ2) is 4.01. The van der Waals surface area contributed by atoms with E-state index < -0.39 is 0 Å².